The first-order valence-corrected chi connectivity index (χ1v) is 9.36. The smallest absolute Gasteiger partial charge is 0.0889 e. The lowest BCUT2D eigenvalue weighted by Gasteiger charge is -2.41. The normalized spacial score (nSPS) is 12.7. The van der Waals surface area contributed by atoms with Crippen LogP contribution < -0.4 is 0 Å². The van der Waals surface area contributed by atoms with Crippen LogP contribution in [-0.4, -0.2) is 20.3 Å². The number of nitrogens with zero attached hydrogens (tertiary/aromatic N) is 2. The largest absolute Gasteiger partial charge is 0.255 e. The van der Waals surface area contributed by atoms with Crippen molar-refractivity contribution in [1.82, 2.24) is 9.97 Å². The standard InChI is InChI=1S/C19H27N2P/c1-18(2,3)22(19(4,5)6)14-15-10-9-12-17(21-15)16-11-7-8-13-20-16/h7-13H,14H2,1-6H3. The molecule has 2 heterocycles. The van der Waals surface area contributed by atoms with Crippen molar-refractivity contribution in [3.63, 3.8) is 0 Å². The first kappa shape index (κ1) is 17.1. The highest BCUT2D eigenvalue weighted by Crippen LogP contribution is 2.61. The van der Waals surface area contributed by atoms with Gasteiger partial charge in [0.25, 0.3) is 0 Å². The van der Waals surface area contributed by atoms with Crippen LogP contribution in [0.2, 0.25) is 0 Å². The van der Waals surface area contributed by atoms with Gasteiger partial charge in [-0.25, -0.2) is 0 Å². The molecule has 0 saturated heterocycles. The molecule has 0 aliphatic carbocycles. The van der Waals surface area contributed by atoms with Crippen molar-refractivity contribution in [2.45, 2.75) is 58.0 Å². The maximum absolute atomic E-state index is 4.86. The van der Waals surface area contributed by atoms with Crippen LogP contribution in [0.1, 0.15) is 47.2 Å². The average molecular weight is 314 g/mol. The van der Waals surface area contributed by atoms with Gasteiger partial charge in [0.2, 0.25) is 0 Å². The Bertz CT molecular complexity index is 595. The number of hydrogen-bond donors (Lipinski definition) is 0. The van der Waals surface area contributed by atoms with Crippen LogP contribution in [0.25, 0.3) is 11.4 Å². The van der Waals surface area contributed by atoms with Crippen LogP contribution in [0.3, 0.4) is 0 Å². The highest BCUT2D eigenvalue weighted by molar-refractivity contribution is 7.60. The van der Waals surface area contributed by atoms with Gasteiger partial charge in [0.1, 0.15) is 0 Å². The second-order valence-corrected chi connectivity index (χ2v) is 11.5. The predicted molar refractivity (Wildman–Crippen MR) is 97.6 cm³/mol. The van der Waals surface area contributed by atoms with Gasteiger partial charge in [0, 0.05) is 18.1 Å². The average Bonchev–Trinajstić information content (AvgIpc) is 2.44. The van der Waals surface area contributed by atoms with E-state index in [1.54, 1.807) is 0 Å². The van der Waals surface area contributed by atoms with Gasteiger partial charge in [-0.2, -0.15) is 0 Å². The molecule has 2 aromatic heterocycles. The molecule has 0 aliphatic heterocycles. The summed E-state index contributed by atoms with van der Waals surface area (Å²) >= 11 is 0. The lowest BCUT2D eigenvalue weighted by Crippen LogP contribution is -2.26. The molecule has 0 bridgehead atoms. The maximum atomic E-state index is 4.86. The molecule has 0 unspecified atom stereocenters. The van der Waals surface area contributed by atoms with Crippen LogP contribution in [-0.2, 0) is 6.16 Å². The van der Waals surface area contributed by atoms with Crippen LogP contribution in [0, 0.1) is 0 Å². The summed E-state index contributed by atoms with van der Waals surface area (Å²) < 4.78 is 0. The third kappa shape index (κ3) is 4.36. The zero-order valence-electron chi connectivity index (χ0n) is 14.6. The van der Waals surface area contributed by atoms with Gasteiger partial charge in [-0.1, -0.05) is 61.6 Å². The van der Waals surface area contributed by atoms with Crippen molar-refractivity contribution in [3.05, 3.63) is 48.3 Å². The fraction of sp³-hybridized carbons (Fsp3) is 0.474. The van der Waals surface area contributed by atoms with Gasteiger partial charge in [-0.15, -0.1) is 0 Å². The zero-order valence-corrected chi connectivity index (χ0v) is 15.5. The third-order valence-corrected chi connectivity index (χ3v) is 7.55. The highest BCUT2D eigenvalue weighted by Gasteiger charge is 2.34. The molecular formula is C19H27N2P. The van der Waals surface area contributed by atoms with E-state index >= 15 is 0 Å². The fourth-order valence-corrected chi connectivity index (χ4v) is 6.33. The Morgan fingerprint density at radius 1 is 0.818 bits per heavy atom. The van der Waals surface area contributed by atoms with E-state index in [0.29, 0.717) is 10.3 Å². The molecular weight excluding hydrogens is 287 g/mol. The van der Waals surface area contributed by atoms with Gasteiger partial charge in [0.05, 0.1) is 11.4 Å². The van der Waals surface area contributed by atoms with Crippen LogP contribution >= 0.6 is 7.92 Å². The molecule has 2 aromatic rings. The van der Waals surface area contributed by atoms with Crippen LogP contribution in [0.5, 0.6) is 0 Å². The molecule has 0 aliphatic rings. The Morgan fingerprint density at radius 3 is 2.00 bits per heavy atom. The van der Waals surface area contributed by atoms with E-state index in [0.717, 1.165) is 17.5 Å². The Hall–Kier alpha value is -1.27. The SMILES string of the molecule is CC(C)(C)P(Cc1cccc(-c2ccccn2)n1)C(C)(C)C. The molecule has 2 nitrogen and oxygen atoms in total. The lowest BCUT2D eigenvalue weighted by molar-refractivity contribution is 0.701. The number of hydrogen-bond acceptors (Lipinski definition) is 2. The summed E-state index contributed by atoms with van der Waals surface area (Å²) in [5, 5.41) is 0.631. The van der Waals surface area contributed by atoms with Crippen LogP contribution in [0.4, 0.5) is 0 Å². The van der Waals surface area contributed by atoms with Gasteiger partial charge < -0.3 is 0 Å². The first-order valence-electron chi connectivity index (χ1n) is 7.83. The van der Waals surface area contributed by atoms with Crippen molar-refractivity contribution in [2.24, 2.45) is 0 Å². The van der Waals surface area contributed by atoms with E-state index < -0.39 is 0 Å². The summed E-state index contributed by atoms with van der Waals surface area (Å²) in [6.45, 7) is 14.1. The molecule has 0 N–H and O–H groups in total. The molecule has 3 heteroatoms. The van der Waals surface area contributed by atoms with Crippen molar-refractivity contribution in [2.75, 3.05) is 0 Å². The molecule has 0 fully saturated rings. The fourth-order valence-electron chi connectivity index (χ4n) is 2.87. The zero-order chi connectivity index (χ0) is 16.4. The van der Waals surface area contributed by atoms with E-state index in [4.69, 9.17) is 4.98 Å². The molecule has 0 radical (unpaired) electrons. The Kier molecular flexibility index (Phi) is 5.02. The molecule has 2 rings (SSSR count). The van der Waals surface area contributed by atoms with Crippen molar-refractivity contribution >= 4 is 7.92 Å². The molecule has 118 valence electrons. The summed E-state index contributed by atoms with van der Waals surface area (Å²) in [5.74, 6) is 0. The summed E-state index contributed by atoms with van der Waals surface area (Å²) in [4.78, 5) is 9.27. The third-order valence-electron chi connectivity index (χ3n) is 3.67. The molecule has 22 heavy (non-hydrogen) atoms. The quantitative estimate of drug-likeness (QED) is 0.677. The molecule has 0 amide bonds. The Balaban J connectivity index is 2.30. The van der Waals surface area contributed by atoms with Gasteiger partial charge >= 0.3 is 0 Å². The van der Waals surface area contributed by atoms with Gasteiger partial charge in [-0.3, -0.25) is 9.97 Å². The number of rotatable bonds is 3. The van der Waals surface area contributed by atoms with Crippen molar-refractivity contribution in [1.29, 1.82) is 0 Å². The van der Waals surface area contributed by atoms with E-state index in [1.807, 2.05) is 30.5 Å². The van der Waals surface area contributed by atoms with E-state index in [-0.39, 0.29) is 7.92 Å². The minimum atomic E-state index is -0.183. The van der Waals surface area contributed by atoms with E-state index in [1.165, 1.54) is 5.69 Å². The lowest BCUT2D eigenvalue weighted by atomic mass is 10.2. The Labute approximate surface area is 136 Å². The van der Waals surface area contributed by atoms with E-state index in [9.17, 15) is 0 Å². The molecule has 0 saturated carbocycles. The second kappa shape index (κ2) is 6.46. The van der Waals surface area contributed by atoms with Crippen molar-refractivity contribution < 1.29 is 0 Å². The summed E-state index contributed by atoms with van der Waals surface area (Å²) in [7, 11) is -0.183. The summed E-state index contributed by atoms with van der Waals surface area (Å²) in [5.41, 5.74) is 3.09. The Morgan fingerprint density at radius 2 is 1.45 bits per heavy atom. The van der Waals surface area contributed by atoms with Gasteiger partial charge in [-0.05, 0) is 34.6 Å². The topological polar surface area (TPSA) is 25.8 Å². The number of pyridine rings is 2. The molecule has 0 atom stereocenters. The maximum Gasteiger partial charge on any atom is 0.0889 e. The monoisotopic (exact) mass is 314 g/mol. The summed E-state index contributed by atoms with van der Waals surface area (Å²) in [6, 6.07) is 12.3. The summed E-state index contributed by atoms with van der Waals surface area (Å²) in [6.07, 6.45) is 2.88. The first-order chi connectivity index (χ1) is 10.2. The molecule has 0 aromatic carbocycles. The molecule has 0 spiro atoms. The van der Waals surface area contributed by atoms with Gasteiger partial charge in [0.15, 0.2) is 0 Å². The predicted octanol–water partition coefficient (Wildman–Crippen LogP) is 5.72. The van der Waals surface area contributed by atoms with Crippen molar-refractivity contribution in [3.8, 4) is 11.4 Å². The second-order valence-electron chi connectivity index (χ2n) is 7.66. The minimum Gasteiger partial charge on any atom is -0.255 e. The van der Waals surface area contributed by atoms with E-state index in [2.05, 4.69) is 58.7 Å². The highest BCUT2D eigenvalue weighted by atomic mass is 31.1. The number of aromatic nitrogens is 2. The minimum absolute atomic E-state index is 0.183. The van der Waals surface area contributed by atoms with Crippen LogP contribution in [0.15, 0.2) is 42.6 Å².